The summed E-state index contributed by atoms with van der Waals surface area (Å²) in [6, 6.07) is 0. The number of rotatable bonds is 37. The van der Waals surface area contributed by atoms with Gasteiger partial charge < -0.3 is 14.2 Å². The maximum Gasteiger partial charge on any atom is 0.306 e. The minimum absolute atomic E-state index is 0.137. The van der Waals surface area contributed by atoms with Crippen molar-refractivity contribution in [1.82, 2.24) is 0 Å². The van der Waals surface area contributed by atoms with Crippen LogP contribution in [0, 0.1) is 0 Å². The topological polar surface area (TPSA) is 78.9 Å². The average Bonchev–Trinajstić information content (AvgIpc) is 3.06. The molecule has 47 heavy (non-hydrogen) atoms. The van der Waals surface area contributed by atoms with Crippen LogP contribution in [0.1, 0.15) is 213 Å². The summed E-state index contributed by atoms with van der Waals surface area (Å²) in [5.74, 6) is -0.184. The van der Waals surface area contributed by atoms with E-state index in [2.05, 4.69) is 27.4 Å². The lowest BCUT2D eigenvalue weighted by Gasteiger charge is -2.25. The molecule has 6 heteroatoms. The molecule has 0 fully saturated rings. The number of esters is 2. The Bertz CT molecular complexity index is 735. The Balaban J connectivity index is 4.66. The van der Waals surface area contributed by atoms with Crippen molar-refractivity contribution in [3.8, 4) is 0 Å². The Morgan fingerprint density at radius 1 is 0.489 bits per heavy atom. The predicted octanol–water partition coefficient (Wildman–Crippen LogP) is 12.3. The predicted molar refractivity (Wildman–Crippen MR) is 196 cm³/mol. The van der Waals surface area contributed by atoms with Crippen LogP contribution in [0.2, 0.25) is 0 Å². The second kappa shape index (κ2) is 35.5. The van der Waals surface area contributed by atoms with Gasteiger partial charge in [-0.3, -0.25) is 14.4 Å². The molecule has 0 amide bonds. The molecule has 0 aromatic rings. The Morgan fingerprint density at radius 2 is 0.830 bits per heavy atom. The summed E-state index contributed by atoms with van der Waals surface area (Å²) in [5.41, 5.74) is 0. The van der Waals surface area contributed by atoms with Gasteiger partial charge in [-0.25, -0.2) is 0 Å². The summed E-state index contributed by atoms with van der Waals surface area (Å²) in [7, 11) is 0. The Labute approximate surface area is 290 Å². The van der Waals surface area contributed by atoms with Crippen molar-refractivity contribution in [3.05, 3.63) is 12.3 Å². The fraction of sp³-hybridized carbons (Fsp3) is 0.878. The van der Waals surface area contributed by atoms with Crippen molar-refractivity contribution in [2.45, 2.75) is 226 Å². The fourth-order valence-electron chi connectivity index (χ4n) is 5.91. The number of allylic oxidation sites excluding steroid dienone is 1. The molecule has 0 aliphatic heterocycles. The summed E-state index contributed by atoms with van der Waals surface area (Å²) in [5, 5.41) is 0. The molecule has 0 rings (SSSR count). The SMILES string of the molecule is C=C(CCCCCCCCCCC)OC(COC(=O)CCCCCCCCCCC)C(C=O)OC(=O)CCCCCCCCCCC. The standard InChI is InChI=1S/C41H76O6/c1-5-8-11-14-17-20-23-26-29-32-37(4)46-39(36-45-40(43)33-30-27-24-21-18-15-12-9-6-2)38(35-42)47-41(44)34-31-28-25-22-19-16-13-10-7-3/h35,38-39H,4-34,36H2,1-3H3. The Morgan fingerprint density at radius 3 is 1.21 bits per heavy atom. The van der Waals surface area contributed by atoms with E-state index in [-0.39, 0.29) is 19.0 Å². The van der Waals surface area contributed by atoms with E-state index in [0.717, 1.165) is 51.4 Å². The maximum atomic E-state index is 12.6. The molecule has 0 radical (unpaired) electrons. The van der Waals surface area contributed by atoms with Crippen LogP contribution in [0.5, 0.6) is 0 Å². The zero-order valence-electron chi connectivity index (χ0n) is 31.3. The van der Waals surface area contributed by atoms with Crippen LogP contribution in [0.15, 0.2) is 12.3 Å². The molecule has 0 aromatic heterocycles. The van der Waals surface area contributed by atoms with E-state index in [1.807, 2.05) is 0 Å². The first-order valence-electron chi connectivity index (χ1n) is 20.1. The van der Waals surface area contributed by atoms with Gasteiger partial charge in [0.1, 0.15) is 6.61 Å². The molecular formula is C41H76O6. The molecular weight excluding hydrogens is 588 g/mol. The summed E-state index contributed by atoms with van der Waals surface area (Å²) < 4.78 is 17.1. The monoisotopic (exact) mass is 665 g/mol. The van der Waals surface area contributed by atoms with Crippen LogP contribution >= 0.6 is 0 Å². The second-order valence-electron chi connectivity index (χ2n) is 13.7. The molecule has 0 spiro atoms. The van der Waals surface area contributed by atoms with E-state index >= 15 is 0 Å². The van der Waals surface area contributed by atoms with Crippen molar-refractivity contribution in [2.75, 3.05) is 6.61 Å². The van der Waals surface area contributed by atoms with Crippen LogP contribution in [-0.2, 0) is 28.6 Å². The zero-order valence-corrected chi connectivity index (χ0v) is 31.3. The molecule has 0 aliphatic rings. The zero-order chi connectivity index (χ0) is 34.6. The lowest BCUT2D eigenvalue weighted by Crippen LogP contribution is -2.38. The third kappa shape index (κ3) is 31.2. The number of unbranched alkanes of at least 4 members (excludes halogenated alkanes) is 24. The Kier molecular flexibility index (Phi) is 34.1. The van der Waals surface area contributed by atoms with Gasteiger partial charge in [-0.15, -0.1) is 0 Å². The molecule has 0 heterocycles. The highest BCUT2D eigenvalue weighted by molar-refractivity contribution is 5.73. The summed E-state index contributed by atoms with van der Waals surface area (Å²) >= 11 is 0. The molecule has 0 aromatic carbocycles. The van der Waals surface area contributed by atoms with E-state index in [1.54, 1.807) is 0 Å². The molecule has 2 unspecified atom stereocenters. The first kappa shape index (κ1) is 45.2. The van der Waals surface area contributed by atoms with Crippen molar-refractivity contribution >= 4 is 18.2 Å². The van der Waals surface area contributed by atoms with Gasteiger partial charge in [0.2, 0.25) is 0 Å². The van der Waals surface area contributed by atoms with E-state index < -0.39 is 18.2 Å². The average molecular weight is 665 g/mol. The second-order valence-corrected chi connectivity index (χ2v) is 13.7. The lowest BCUT2D eigenvalue weighted by molar-refractivity contribution is -0.164. The quantitative estimate of drug-likeness (QED) is 0.0284. The Hall–Kier alpha value is -1.85. The van der Waals surface area contributed by atoms with Gasteiger partial charge in [-0.2, -0.15) is 0 Å². The lowest BCUT2D eigenvalue weighted by atomic mass is 10.1. The van der Waals surface area contributed by atoms with E-state index in [4.69, 9.17) is 14.2 Å². The van der Waals surface area contributed by atoms with Crippen LogP contribution in [0.3, 0.4) is 0 Å². The first-order chi connectivity index (χ1) is 23.0. The normalized spacial score (nSPS) is 12.4. The van der Waals surface area contributed by atoms with Gasteiger partial charge in [0.05, 0.1) is 5.76 Å². The molecule has 276 valence electrons. The van der Waals surface area contributed by atoms with E-state index in [1.165, 1.54) is 122 Å². The first-order valence-corrected chi connectivity index (χ1v) is 20.1. The van der Waals surface area contributed by atoms with Crippen LogP contribution < -0.4 is 0 Å². The van der Waals surface area contributed by atoms with Gasteiger partial charge in [-0.05, 0) is 19.3 Å². The van der Waals surface area contributed by atoms with Crippen molar-refractivity contribution in [3.63, 3.8) is 0 Å². The van der Waals surface area contributed by atoms with E-state index in [9.17, 15) is 14.4 Å². The smallest absolute Gasteiger partial charge is 0.306 e. The third-order valence-electron chi connectivity index (χ3n) is 9.02. The maximum absolute atomic E-state index is 12.6. The van der Waals surface area contributed by atoms with Gasteiger partial charge in [0, 0.05) is 19.3 Å². The van der Waals surface area contributed by atoms with Gasteiger partial charge >= 0.3 is 11.9 Å². The molecule has 0 aliphatic carbocycles. The number of ether oxygens (including phenoxy) is 3. The van der Waals surface area contributed by atoms with E-state index in [0.29, 0.717) is 24.9 Å². The minimum atomic E-state index is -1.14. The number of hydrogen-bond acceptors (Lipinski definition) is 6. The number of carbonyl (C=O) groups is 3. The number of carbonyl (C=O) groups excluding carboxylic acids is 3. The minimum Gasteiger partial charge on any atom is -0.487 e. The summed E-state index contributed by atoms with van der Waals surface area (Å²) in [6.07, 6.45) is 31.8. The fourth-order valence-corrected chi connectivity index (χ4v) is 5.91. The van der Waals surface area contributed by atoms with Gasteiger partial charge in [0.15, 0.2) is 18.5 Å². The number of aldehydes is 1. The molecule has 0 saturated heterocycles. The highest BCUT2D eigenvalue weighted by Gasteiger charge is 2.28. The molecule has 0 N–H and O–H groups in total. The molecule has 0 bridgehead atoms. The van der Waals surface area contributed by atoms with Crippen LogP contribution in [-0.4, -0.2) is 37.0 Å². The molecule has 2 atom stereocenters. The molecule has 0 saturated carbocycles. The largest absolute Gasteiger partial charge is 0.487 e. The summed E-state index contributed by atoms with van der Waals surface area (Å²) in [6.45, 7) is 10.6. The van der Waals surface area contributed by atoms with Crippen LogP contribution in [0.4, 0.5) is 0 Å². The molecule has 6 nitrogen and oxygen atoms in total. The summed E-state index contributed by atoms with van der Waals surface area (Å²) in [4.78, 5) is 37.3. The van der Waals surface area contributed by atoms with Crippen molar-refractivity contribution < 1.29 is 28.6 Å². The van der Waals surface area contributed by atoms with Crippen LogP contribution in [0.25, 0.3) is 0 Å². The van der Waals surface area contributed by atoms with Gasteiger partial charge in [-0.1, -0.05) is 181 Å². The van der Waals surface area contributed by atoms with Crippen molar-refractivity contribution in [1.29, 1.82) is 0 Å². The third-order valence-corrected chi connectivity index (χ3v) is 9.02. The highest BCUT2D eigenvalue weighted by atomic mass is 16.6. The van der Waals surface area contributed by atoms with Crippen molar-refractivity contribution in [2.24, 2.45) is 0 Å². The van der Waals surface area contributed by atoms with Gasteiger partial charge in [0.25, 0.3) is 0 Å². The highest BCUT2D eigenvalue weighted by Crippen LogP contribution is 2.18. The number of hydrogen-bond donors (Lipinski definition) is 0.